The van der Waals surface area contributed by atoms with Crippen LogP contribution in [0.25, 0.3) is 0 Å². The minimum Gasteiger partial charge on any atom is -0.494 e. The van der Waals surface area contributed by atoms with Crippen LogP contribution in [0.4, 0.5) is 0 Å². The number of piperazine rings is 1. The molecule has 0 saturated carbocycles. The zero-order chi connectivity index (χ0) is 26.5. The van der Waals surface area contributed by atoms with Crippen LogP contribution in [0.15, 0.2) is 66.0 Å². The molecule has 0 N–H and O–H groups in total. The molecule has 3 heterocycles. The molecule has 6 nitrogen and oxygen atoms in total. The van der Waals surface area contributed by atoms with Gasteiger partial charge < -0.3 is 14.5 Å². The van der Waals surface area contributed by atoms with Gasteiger partial charge in [-0.3, -0.25) is 14.5 Å². The van der Waals surface area contributed by atoms with E-state index in [0.29, 0.717) is 38.3 Å². The van der Waals surface area contributed by atoms with Gasteiger partial charge in [0.2, 0.25) is 5.91 Å². The zero-order valence-corrected chi connectivity index (χ0v) is 23.2. The van der Waals surface area contributed by atoms with Crippen LogP contribution in [0.5, 0.6) is 5.75 Å². The first-order chi connectivity index (χ1) is 18.5. The molecule has 2 aliphatic rings. The highest BCUT2D eigenvalue weighted by Gasteiger charge is 2.34. The van der Waals surface area contributed by atoms with Crippen molar-refractivity contribution in [3.05, 3.63) is 87.6 Å². The fraction of sp³-hybridized carbons (Fsp3) is 0.419. The molecule has 200 valence electrons. The van der Waals surface area contributed by atoms with E-state index in [4.69, 9.17) is 4.74 Å². The largest absolute Gasteiger partial charge is 0.494 e. The summed E-state index contributed by atoms with van der Waals surface area (Å²) in [6.45, 7) is 7.75. The first-order valence-corrected chi connectivity index (χ1v) is 14.6. The SMILES string of the molecule is CCCCOc1ccc(C(=O)N2CCN(C(=O)CN3CCc4sccc4[C@H]3c3ccccc3)C[C@@H]2C)cc1. The Kier molecular flexibility index (Phi) is 8.45. The predicted octanol–water partition coefficient (Wildman–Crippen LogP) is 5.25. The van der Waals surface area contributed by atoms with Crippen molar-refractivity contribution in [3.63, 3.8) is 0 Å². The summed E-state index contributed by atoms with van der Waals surface area (Å²) in [6.07, 6.45) is 3.08. The number of benzene rings is 2. The molecular weight excluding hydrogens is 494 g/mol. The summed E-state index contributed by atoms with van der Waals surface area (Å²) in [5.74, 6) is 0.937. The van der Waals surface area contributed by atoms with Crippen LogP contribution in [0.2, 0.25) is 0 Å². The van der Waals surface area contributed by atoms with E-state index >= 15 is 0 Å². The van der Waals surface area contributed by atoms with Crippen LogP contribution in [-0.2, 0) is 11.2 Å². The maximum atomic E-state index is 13.5. The number of unbranched alkanes of at least 4 members (excludes halogenated alkanes) is 1. The van der Waals surface area contributed by atoms with E-state index in [-0.39, 0.29) is 23.9 Å². The van der Waals surface area contributed by atoms with Crippen LogP contribution >= 0.6 is 11.3 Å². The molecule has 1 aromatic heterocycles. The number of carbonyl (C=O) groups excluding carboxylic acids is 2. The molecule has 1 saturated heterocycles. The van der Waals surface area contributed by atoms with E-state index in [1.165, 1.54) is 16.0 Å². The van der Waals surface area contributed by atoms with Crippen molar-refractivity contribution in [2.75, 3.05) is 39.3 Å². The first-order valence-electron chi connectivity index (χ1n) is 13.7. The third-order valence-electron chi connectivity index (χ3n) is 7.63. The number of nitrogens with zero attached hydrogens (tertiary/aromatic N) is 3. The van der Waals surface area contributed by atoms with E-state index < -0.39 is 0 Å². The van der Waals surface area contributed by atoms with Gasteiger partial charge in [0.15, 0.2) is 0 Å². The van der Waals surface area contributed by atoms with Gasteiger partial charge >= 0.3 is 0 Å². The Balaban J connectivity index is 1.20. The topological polar surface area (TPSA) is 53.1 Å². The van der Waals surface area contributed by atoms with Crippen molar-refractivity contribution < 1.29 is 14.3 Å². The van der Waals surface area contributed by atoms with Crippen molar-refractivity contribution in [3.8, 4) is 5.75 Å². The second kappa shape index (κ2) is 12.1. The molecule has 0 aliphatic carbocycles. The van der Waals surface area contributed by atoms with Gasteiger partial charge in [-0.1, -0.05) is 43.7 Å². The van der Waals surface area contributed by atoms with Crippen molar-refractivity contribution >= 4 is 23.2 Å². The molecule has 2 atom stereocenters. The maximum Gasteiger partial charge on any atom is 0.254 e. The number of amides is 2. The lowest BCUT2D eigenvalue weighted by atomic mass is 9.93. The molecule has 0 bridgehead atoms. The average Bonchev–Trinajstić information content (AvgIpc) is 3.42. The Hall–Kier alpha value is -3.16. The lowest BCUT2D eigenvalue weighted by molar-refractivity contribution is -0.135. The normalized spacial score (nSPS) is 19.7. The monoisotopic (exact) mass is 531 g/mol. The van der Waals surface area contributed by atoms with Crippen LogP contribution < -0.4 is 4.74 Å². The number of thiophene rings is 1. The van der Waals surface area contributed by atoms with Gasteiger partial charge in [-0.2, -0.15) is 0 Å². The second-order valence-corrected chi connectivity index (χ2v) is 11.2. The van der Waals surface area contributed by atoms with Gasteiger partial charge in [-0.15, -0.1) is 11.3 Å². The third kappa shape index (κ3) is 5.79. The van der Waals surface area contributed by atoms with Gasteiger partial charge in [0, 0.05) is 42.7 Å². The Labute approximate surface area is 229 Å². The number of rotatable bonds is 8. The molecular formula is C31H37N3O3S. The van der Waals surface area contributed by atoms with Crippen molar-refractivity contribution in [1.29, 1.82) is 0 Å². The molecule has 0 spiro atoms. The predicted molar refractivity (Wildman–Crippen MR) is 152 cm³/mol. The molecule has 0 radical (unpaired) electrons. The van der Waals surface area contributed by atoms with Crippen LogP contribution in [0, 0.1) is 0 Å². The van der Waals surface area contributed by atoms with E-state index in [1.807, 2.05) is 58.4 Å². The number of hydrogen-bond acceptors (Lipinski definition) is 5. The molecule has 0 unspecified atom stereocenters. The van der Waals surface area contributed by atoms with Gasteiger partial charge in [0.25, 0.3) is 5.91 Å². The second-order valence-electron chi connectivity index (χ2n) is 10.2. The standard InChI is InChI=1S/C31H37N3O3S/c1-3-4-19-37-26-12-10-25(11-13-26)31(36)34-18-17-32(21-23(34)2)29(35)22-33-16-14-28-27(15-20-38-28)30(33)24-8-6-5-7-9-24/h5-13,15,20,23,30H,3-4,14,16-19,21-22H2,1-2H3/t23-,30+/m0/s1. The minimum atomic E-state index is -0.0459. The van der Waals surface area contributed by atoms with Gasteiger partial charge in [0.1, 0.15) is 5.75 Å². The summed E-state index contributed by atoms with van der Waals surface area (Å²) in [6, 6.07) is 20.2. The number of hydrogen-bond donors (Lipinski definition) is 0. The number of carbonyl (C=O) groups is 2. The third-order valence-corrected chi connectivity index (χ3v) is 8.62. The van der Waals surface area contributed by atoms with Crippen LogP contribution in [0.3, 0.4) is 0 Å². The summed E-state index contributed by atoms with van der Waals surface area (Å²) in [7, 11) is 0. The van der Waals surface area contributed by atoms with Crippen molar-refractivity contribution in [2.24, 2.45) is 0 Å². The van der Waals surface area contributed by atoms with E-state index in [0.717, 1.165) is 31.6 Å². The van der Waals surface area contributed by atoms with E-state index in [9.17, 15) is 9.59 Å². The minimum absolute atomic E-state index is 0.00914. The fourth-order valence-corrected chi connectivity index (χ4v) is 6.42. The zero-order valence-electron chi connectivity index (χ0n) is 22.3. The lowest BCUT2D eigenvalue weighted by Gasteiger charge is -2.42. The summed E-state index contributed by atoms with van der Waals surface area (Å²) >= 11 is 1.81. The summed E-state index contributed by atoms with van der Waals surface area (Å²) < 4.78 is 5.73. The molecule has 2 amide bonds. The highest BCUT2D eigenvalue weighted by atomic mass is 32.1. The maximum absolute atomic E-state index is 13.5. The smallest absolute Gasteiger partial charge is 0.254 e. The molecule has 2 aliphatic heterocycles. The Bertz CT molecular complexity index is 1230. The van der Waals surface area contributed by atoms with Gasteiger partial charge in [-0.25, -0.2) is 0 Å². The number of fused-ring (bicyclic) bond motifs is 1. The Morgan fingerprint density at radius 1 is 1.00 bits per heavy atom. The highest BCUT2D eigenvalue weighted by molar-refractivity contribution is 7.10. The first kappa shape index (κ1) is 26.4. The Morgan fingerprint density at radius 3 is 2.53 bits per heavy atom. The average molecular weight is 532 g/mol. The van der Waals surface area contributed by atoms with Gasteiger partial charge in [-0.05, 0) is 66.6 Å². The molecule has 38 heavy (non-hydrogen) atoms. The van der Waals surface area contributed by atoms with Crippen molar-refractivity contribution in [1.82, 2.24) is 14.7 Å². The summed E-state index contributed by atoms with van der Waals surface area (Å²) in [4.78, 5) is 34.3. The molecule has 7 heteroatoms. The summed E-state index contributed by atoms with van der Waals surface area (Å²) in [5.41, 5.74) is 3.21. The summed E-state index contributed by atoms with van der Waals surface area (Å²) in [5, 5.41) is 2.16. The molecule has 2 aromatic carbocycles. The van der Waals surface area contributed by atoms with Gasteiger partial charge in [0.05, 0.1) is 19.2 Å². The fourth-order valence-electron chi connectivity index (χ4n) is 5.52. The quantitative estimate of drug-likeness (QED) is 0.373. The lowest BCUT2D eigenvalue weighted by Crippen LogP contribution is -2.57. The highest BCUT2D eigenvalue weighted by Crippen LogP contribution is 2.37. The molecule has 3 aromatic rings. The van der Waals surface area contributed by atoms with Crippen LogP contribution in [0.1, 0.15) is 59.1 Å². The van der Waals surface area contributed by atoms with E-state index in [2.05, 4.69) is 47.5 Å². The van der Waals surface area contributed by atoms with Crippen LogP contribution in [-0.4, -0.2) is 71.9 Å². The molecule has 5 rings (SSSR count). The van der Waals surface area contributed by atoms with Crippen molar-refractivity contribution in [2.45, 2.75) is 45.2 Å². The van der Waals surface area contributed by atoms with E-state index in [1.54, 1.807) is 0 Å². The molecule has 1 fully saturated rings. The number of ether oxygens (including phenoxy) is 1. The Morgan fingerprint density at radius 2 is 1.79 bits per heavy atom.